The lowest BCUT2D eigenvalue weighted by atomic mass is 10.1. The molecule has 0 aliphatic heterocycles. The molecule has 10 heteroatoms. The fourth-order valence-electron chi connectivity index (χ4n) is 2.53. The van der Waals surface area contributed by atoms with E-state index in [1.807, 2.05) is 6.07 Å². The van der Waals surface area contributed by atoms with Gasteiger partial charge in [-0.1, -0.05) is 13.8 Å². The maximum Gasteiger partial charge on any atom is 0.340 e. The molecule has 0 aliphatic carbocycles. The van der Waals surface area contributed by atoms with E-state index in [0.29, 0.717) is 17.3 Å². The summed E-state index contributed by atoms with van der Waals surface area (Å²) >= 11 is 0. The molecule has 0 fully saturated rings. The van der Waals surface area contributed by atoms with Gasteiger partial charge in [-0.2, -0.15) is 8.78 Å². The number of nitrogens with one attached hydrogen (secondary N) is 2. The molecule has 1 unspecified atom stereocenters. The standard InChI is InChI=1S/C21H26F4N4O2/c1-12(2)9-28-18-8-15(5-6-26-18)14(4)29-19(30)16-7-13(3)17(10-27-16)31-11-21(24,25)20(22)23/h5-8,10,12,14,20H,9,11H2,1-4H3,(H,26,28)(H,29,30). The van der Waals surface area contributed by atoms with E-state index in [1.54, 1.807) is 19.2 Å². The zero-order chi connectivity index (χ0) is 23.2. The van der Waals surface area contributed by atoms with Crippen LogP contribution < -0.4 is 15.4 Å². The Labute approximate surface area is 178 Å². The van der Waals surface area contributed by atoms with Crippen LogP contribution in [0.5, 0.6) is 5.75 Å². The van der Waals surface area contributed by atoms with Crippen molar-refractivity contribution in [1.29, 1.82) is 0 Å². The minimum absolute atomic E-state index is 0.0459. The molecule has 31 heavy (non-hydrogen) atoms. The summed E-state index contributed by atoms with van der Waals surface area (Å²) in [5.41, 5.74) is 1.20. The molecule has 0 spiro atoms. The van der Waals surface area contributed by atoms with Crippen molar-refractivity contribution in [1.82, 2.24) is 15.3 Å². The third-order valence-corrected chi connectivity index (χ3v) is 4.36. The van der Waals surface area contributed by atoms with Gasteiger partial charge in [0.25, 0.3) is 5.91 Å². The molecular weight excluding hydrogens is 416 g/mol. The van der Waals surface area contributed by atoms with Gasteiger partial charge in [0, 0.05) is 12.7 Å². The topological polar surface area (TPSA) is 76.1 Å². The van der Waals surface area contributed by atoms with Crippen LogP contribution in [-0.2, 0) is 0 Å². The van der Waals surface area contributed by atoms with Gasteiger partial charge in [0.05, 0.1) is 12.2 Å². The fourth-order valence-corrected chi connectivity index (χ4v) is 2.53. The highest BCUT2D eigenvalue weighted by Gasteiger charge is 2.41. The van der Waals surface area contributed by atoms with Crippen molar-refractivity contribution in [2.45, 2.75) is 46.1 Å². The highest BCUT2D eigenvalue weighted by Crippen LogP contribution is 2.26. The Morgan fingerprint density at radius 1 is 1.19 bits per heavy atom. The zero-order valence-corrected chi connectivity index (χ0v) is 17.8. The number of halogens is 4. The van der Waals surface area contributed by atoms with Crippen molar-refractivity contribution >= 4 is 11.7 Å². The molecule has 0 saturated heterocycles. The Hall–Kier alpha value is -2.91. The maximum atomic E-state index is 13.0. The molecule has 0 aliphatic rings. The van der Waals surface area contributed by atoms with Crippen LogP contribution in [0.4, 0.5) is 23.4 Å². The Bertz CT molecular complexity index is 893. The lowest BCUT2D eigenvalue weighted by Gasteiger charge is -2.18. The molecule has 0 radical (unpaired) electrons. The largest absolute Gasteiger partial charge is 0.485 e. The van der Waals surface area contributed by atoms with Crippen molar-refractivity contribution in [2.75, 3.05) is 18.5 Å². The zero-order valence-electron chi connectivity index (χ0n) is 17.8. The molecule has 2 rings (SSSR count). The normalized spacial score (nSPS) is 12.7. The maximum absolute atomic E-state index is 13.0. The van der Waals surface area contributed by atoms with Crippen LogP contribution in [0.2, 0.25) is 0 Å². The third-order valence-electron chi connectivity index (χ3n) is 4.36. The second-order valence-corrected chi connectivity index (χ2v) is 7.63. The van der Waals surface area contributed by atoms with Gasteiger partial charge >= 0.3 is 12.3 Å². The lowest BCUT2D eigenvalue weighted by Crippen LogP contribution is -2.34. The Kier molecular flexibility index (Phi) is 8.18. The number of aryl methyl sites for hydroxylation is 1. The van der Waals surface area contributed by atoms with Crippen molar-refractivity contribution in [3.05, 3.63) is 47.4 Å². The van der Waals surface area contributed by atoms with Crippen molar-refractivity contribution in [3.8, 4) is 5.75 Å². The number of anilines is 1. The molecule has 2 aromatic heterocycles. The summed E-state index contributed by atoms with van der Waals surface area (Å²) in [7, 11) is 0. The number of carbonyl (C=O) groups excluding carboxylic acids is 1. The monoisotopic (exact) mass is 442 g/mol. The first-order valence-corrected chi connectivity index (χ1v) is 9.75. The first-order valence-electron chi connectivity index (χ1n) is 9.75. The number of amides is 1. The predicted octanol–water partition coefficient (Wildman–Crippen LogP) is 4.62. The molecule has 1 atom stereocenters. The molecule has 2 heterocycles. The van der Waals surface area contributed by atoms with Crippen LogP contribution in [0.3, 0.4) is 0 Å². The SMILES string of the molecule is Cc1cc(C(=O)NC(C)c2ccnc(NCC(C)C)c2)ncc1OCC(F)(F)C(F)F. The van der Waals surface area contributed by atoms with E-state index in [9.17, 15) is 22.4 Å². The van der Waals surface area contributed by atoms with Gasteiger partial charge in [0.1, 0.15) is 17.3 Å². The Morgan fingerprint density at radius 3 is 2.52 bits per heavy atom. The van der Waals surface area contributed by atoms with Crippen molar-refractivity contribution in [2.24, 2.45) is 5.92 Å². The predicted molar refractivity (Wildman–Crippen MR) is 109 cm³/mol. The van der Waals surface area contributed by atoms with Gasteiger partial charge in [0.15, 0.2) is 6.61 Å². The molecule has 6 nitrogen and oxygen atoms in total. The number of hydrogen-bond donors (Lipinski definition) is 2. The van der Waals surface area contributed by atoms with E-state index >= 15 is 0 Å². The molecule has 170 valence electrons. The number of alkyl halides is 4. The van der Waals surface area contributed by atoms with Gasteiger partial charge in [-0.3, -0.25) is 4.79 Å². The van der Waals surface area contributed by atoms with Gasteiger partial charge in [0.2, 0.25) is 0 Å². The molecule has 1 amide bonds. The number of hydrogen-bond acceptors (Lipinski definition) is 5. The van der Waals surface area contributed by atoms with E-state index in [4.69, 9.17) is 4.74 Å². The second kappa shape index (κ2) is 10.4. The molecule has 2 aromatic rings. The number of pyridine rings is 2. The van der Waals surface area contributed by atoms with E-state index in [-0.39, 0.29) is 17.5 Å². The van der Waals surface area contributed by atoms with Crippen LogP contribution in [0.15, 0.2) is 30.6 Å². The third kappa shape index (κ3) is 7.08. The summed E-state index contributed by atoms with van der Waals surface area (Å²) in [4.78, 5) is 20.7. The first kappa shape index (κ1) is 24.4. The molecular formula is C21H26F4N4O2. The van der Waals surface area contributed by atoms with Crippen LogP contribution in [-0.4, -0.2) is 41.4 Å². The number of carbonyl (C=O) groups is 1. The number of aromatic nitrogens is 2. The second-order valence-electron chi connectivity index (χ2n) is 7.63. The summed E-state index contributed by atoms with van der Waals surface area (Å²) in [6, 6.07) is 4.62. The summed E-state index contributed by atoms with van der Waals surface area (Å²) in [5.74, 6) is -3.70. The van der Waals surface area contributed by atoms with Crippen LogP contribution >= 0.6 is 0 Å². The highest BCUT2D eigenvalue weighted by molar-refractivity contribution is 5.92. The summed E-state index contributed by atoms with van der Waals surface area (Å²) in [6.45, 7) is 6.75. The average molecular weight is 442 g/mol. The van der Waals surface area contributed by atoms with E-state index in [2.05, 4.69) is 34.4 Å². The van der Waals surface area contributed by atoms with Crippen molar-refractivity contribution < 1.29 is 27.1 Å². The first-order chi connectivity index (χ1) is 14.5. The van der Waals surface area contributed by atoms with E-state index < -0.39 is 24.9 Å². The molecule has 0 saturated carbocycles. The molecule has 0 bridgehead atoms. The average Bonchev–Trinajstić information content (AvgIpc) is 2.71. The summed E-state index contributed by atoms with van der Waals surface area (Å²) < 4.78 is 55.3. The van der Waals surface area contributed by atoms with Gasteiger partial charge in [-0.05, 0) is 49.1 Å². The fraction of sp³-hybridized carbons (Fsp3) is 0.476. The van der Waals surface area contributed by atoms with Crippen LogP contribution in [0, 0.1) is 12.8 Å². The molecule has 2 N–H and O–H groups in total. The van der Waals surface area contributed by atoms with Gasteiger partial charge < -0.3 is 15.4 Å². The van der Waals surface area contributed by atoms with Crippen LogP contribution in [0.25, 0.3) is 0 Å². The highest BCUT2D eigenvalue weighted by atomic mass is 19.3. The summed E-state index contributed by atoms with van der Waals surface area (Å²) in [6.07, 6.45) is -1.12. The Balaban J connectivity index is 2.02. The molecule has 0 aromatic carbocycles. The minimum Gasteiger partial charge on any atom is -0.485 e. The number of nitrogens with zero attached hydrogens (tertiary/aromatic N) is 2. The van der Waals surface area contributed by atoms with E-state index in [0.717, 1.165) is 18.3 Å². The van der Waals surface area contributed by atoms with E-state index in [1.165, 1.54) is 13.0 Å². The van der Waals surface area contributed by atoms with Gasteiger partial charge in [-0.15, -0.1) is 0 Å². The summed E-state index contributed by atoms with van der Waals surface area (Å²) in [5, 5.41) is 6.02. The quantitative estimate of drug-likeness (QED) is 0.525. The number of rotatable bonds is 10. The van der Waals surface area contributed by atoms with Gasteiger partial charge in [-0.25, -0.2) is 18.7 Å². The minimum atomic E-state index is -4.27. The lowest BCUT2D eigenvalue weighted by molar-refractivity contribution is -0.148. The van der Waals surface area contributed by atoms with Crippen molar-refractivity contribution in [3.63, 3.8) is 0 Å². The number of ether oxygens (including phenoxy) is 1. The smallest absolute Gasteiger partial charge is 0.340 e. The van der Waals surface area contributed by atoms with Crippen LogP contribution in [0.1, 0.15) is 48.4 Å². The Morgan fingerprint density at radius 2 is 1.90 bits per heavy atom.